The second kappa shape index (κ2) is 7.54. The van der Waals surface area contributed by atoms with Crippen LogP contribution in [0.2, 0.25) is 0 Å². The lowest BCUT2D eigenvalue weighted by Crippen LogP contribution is -2.48. The highest BCUT2D eigenvalue weighted by atomic mass is 32.1. The largest absolute Gasteiger partial charge is 0.479 e. The van der Waals surface area contributed by atoms with Crippen LogP contribution in [0.5, 0.6) is 0 Å². The van der Waals surface area contributed by atoms with Crippen molar-refractivity contribution in [2.45, 2.75) is 25.4 Å². The summed E-state index contributed by atoms with van der Waals surface area (Å²) in [6.07, 6.45) is 0.451. The fourth-order valence-electron chi connectivity index (χ4n) is 2.44. The summed E-state index contributed by atoms with van der Waals surface area (Å²) in [5.74, 6) is -0.0672. The van der Waals surface area contributed by atoms with Gasteiger partial charge in [0.15, 0.2) is 6.10 Å². The van der Waals surface area contributed by atoms with Gasteiger partial charge >= 0.3 is 5.97 Å². The van der Waals surface area contributed by atoms with Gasteiger partial charge in [0.25, 0.3) is 0 Å². The van der Waals surface area contributed by atoms with E-state index in [1.165, 1.54) is 16.2 Å². The molecule has 0 aromatic carbocycles. The zero-order chi connectivity index (χ0) is 16.9. The summed E-state index contributed by atoms with van der Waals surface area (Å²) in [6.45, 7) is 0.763. The number of thiophene rings is 1. The average molecular weight is 351 g/mol. The summed E-state index contributed by atoms with van der Waals surface area (Å²) in [4.78, 5) is 29.9. The summed E-state index contributed by atoms with van der Waals surface area (Å²) in [6, 6.07) is 3.83. The van der Waals surface area contributed by atoms with Crippen molar-refractivity contribution in [3.8, 4) is 10.7 Å². The second-order valence-electron chi connectivity index (χ2n) is 5.38. The number of rotatable bonds is 6. The smallest absolute Gasteiger partial charge is 0.334 e. The number of carbonyl (C=O) groups is 2. The number of aromatic nitrogens is 2. The Hall–Kier alpha value is -2.26. The number of morpholine rings is 1. The first-order valence-electron chi connectivity index (χ1n) is 7.62. The third-order valence-electron chi connectivity index (χ3n) is 3.69. The lowest BCUT2D eigenvalue weighted by molar-refractivity contribution is -0.159. The number of hydrogen-bond acceptors (Lipinski definition) is 7. The van der Waals surface area contributed by atoms with E-state index >= 15 is 0 Å². The van der Waals surface area contributed by atoms with Crippen LogP contribution in [0.15, 0.2) is 22.0 Å². The van der Waals surface area contributed by atoms with Crippen molar-refractivity contribution in [3.05, 3.63) is 23.4 Å². The number of nitrogens with zero attached hydrogens (tertiary/aromatic N) is 3. The van der Waals surface area contributed by atoms with Crippen LogP contribution in [0.25, 0.3) is 10.7 Å². The predicted octanol–water partition coefficient (Wildman–Crippen LogP) is 1.43. The molecule has 0 unspecified atom stereocenters. The molecule has 2 aromatic heterocycles. The summed E-state index contributed by atoms with van der Waals surface area (Å²) in [5.41, 5.74) is 0. The first kappa shape index (κ1) is 16.6. The van der Waals surface area contributed by atoms with Crippen molar-refractivity contribution in [2.24, 2.45) is 0 Å². The number of ether oxygens (including phenoxy) is 1. The van der Waals surface area contributed by atoms with Crippen molar-refractivity contribution in [2.75, 3.05) is 19.7 Å². The number of carboxylic acids is 1. The predicted molar refractivity (Wildman–Crippen MR) is 84.5 cm³/mol. The zero-order valence-electron chi connectivity index (χ0n) is 12.9. The van der Waals surface area contributed by atoms with Gasteiger partial charge in [0, 0.05) is 19.4 Å². The summed E-state index contributed by atoms with van der Waals surface area (Å²) < 4.78 is 10.3. The van der Waals surface area contributed by atoms with Gasteiger partial charge in [-0.2, -0.15) is 4.98 Å². The van der Waals surface area contributed by atoms with Gasteiger partial charge < -0.3 is 19.3 Å². The highest BCUT2D eigenvalue weighted by Gasteiger charge is 2.28. The molecule has 0 aliphatic carbocycles. The molecule has 3 heterocycles. The molecule has 1 saturated heterocycles. The van der Waals surface area contributed by atoms with E-state index in [2.05, 4.69) is 10.1 Å². The quantitative estimate of drug-likeness (QED) is 0.839. The van der Waals surface area contributed by atoms with Gasteiger partial charge in [-0.15, -0.1) is 11.3 Å². The van der Waals surface area contributed by atoms with Gasteiger partial charge in [-0.05, 0) is 17.9 Å². The maximum Gasteiger partial charge on any atom is 0.334 e. The molecule has 1 aliphatic heterocycles. The molecule has 0 saturated carbocycles. The van der Waals surface area contributed by atoms with Crippen LogP contribution in [0, 0.1) is 0 Å². The van der Waals surface area contributed by atoms with Crippen molar-refractivity contribution in [1.29, 1.82) is 0 Å². The molecule has 0 bridgehead atoms. The molecule has 8 nitrogen and oxygen atoms in total. The van der Waals surface area contributed by atoms with Gasteiger partial charge in [0.2, 0.25) is 17.6 Å². The maximum absolute atomic E-state index is 12.2. The number of carboxylic acid groups (broad SMARTS) is 1. The maximum atomic E-state index is 12.2. The lowest BCUT2D eigenvalue weighted by Gasteiger charge is -2.30. The minimum absolute atomic E-state index is 0.0810. The van der Waals surface area contributed by atoms with Crippen molar-refractivity contribution in [3.63, 3.8) is 0 Å². The minimum atomic E-state index is -1.04. The molecular weight excluding hydrogens is 334 g/mol. The molecule has 1 N–H and O–H groups in total. The van der Waals surface area contributed by atoms with Gasteiger partial charge in [-0.3, -0.25) is 4.79 Å². The second-order valence-corrected chi connectivity index (χ2v) is 6.33. The first-order chi connectivity index (χ1) is 11.6. The number of amides is 1. The van der Waals surface area contributed by atoms with Gasteiger partial charge in [-0.25, -0.2) is 4.79 Å². The van der Waals surface area contributed by atoms with E-state index in [1.807, 2.05) is 17.5 Å². The number of carbonyl (C=O) groups excluding carboxylic acids is 1. The van der Waals surface area contributed by atoms with Crippen molar-refractivity contribution < 1.29 is 24.0 Å². The monoisotopic (exact) mass is 351 g/mol. The lowest BCUT2D eigenvalue weighted by atomic mass is 10.2. The molecule has 1 atom stereocenters. The van der Waals surface area contributed by atoms with Crippen molar-refractivity contribution >= 4 is 23.2 Å². The minimum Gasteiger partial charge on any atom is -0.479 e. The Kier molecular flexibility index (Phi) is 5.21. The van der Waals surface area contributed by atoms with Crippen LogP contribution in [-0.4, -0.2) is 57.8 Å². The van der Waals surface area contributed by atoms with Crippen LogP contribution < -0.4 is 0 Å². The highest BCUT2D eigenvalue weighted by molar-refractivity contribution is 7.13. The molecule has 0 radical (unpaired) electrons. The van der Waals surface area contributed by atoms with Crippen LogP contribution in [0.3, 0.4) is 0 Å². The van der Waals surface area contributed by atoms with E-state index in [4.69, 9.17) is 14.4 Å². The normalized spacial score (nSPS) is 17.8. The summed E-state index contributed by atoms with van der Waals surface area (Å²) >= 11 is 1.53. The van der Waals surface area contributed by atoms with E-state index < -0.39 is 12.1 Å². The summed E-state index contributed by atoms with van der Waals surface area (Å²) in [7, 11) is 0. The Morgan fingerprint density at radius 3 is 3.08 bits per heavy atom. The highest BCUT2D eigenvalue weighted by Crippen LogP contribution is 2.21. The third-order valence-corrected chi connectivity index (χ3v) is 4.55. The van der Waals surface area contributed by atoms with Crippen LogP contribution in [0.4, 0.5) is 0 Å². The van der Waals surface area contributed by atoms with E-state index in [1.54, 1.807) is 0 Å². The van der Waals surface area contributed by atoms with E-state index in [0.29, 0.717) is 37.5 Å². The van der Waals surface area contributed by atoms with Crippen LogP contribution >= 0.6 is 11.3 Å². The van der Waals surface area contributed by atoms with Crippen LogP contribution in [0.1, 0.15) is 18.7 Å². The van der Waals surface area contributed by atoms with E-state index in [0.717, 1.165) is 4.88 Å². The molecule has 1 amide bonds. The molecule has 3 rings (SSSR count). The van der Waals surface area contributed by atoms with Gasteiger partial charge in [-0.1, -0.05) is 11.2 Å². The first-order valence-corrected chi connectivity index (χ1v) is 8.50. The number of aryl methyl sites for hydroxylation is 1. The van der Waals surface area contributed by atoms with Crippen molar-refractivity contribution in [1.82, 2.24) is 15.0 Å². The molecular formula is C15H17N3O5S. The molecule has 128 valence electrons. The standard InChI is InChI=1S/C15H17N3O5S/c19-13(18-6-7-22-10(9-18)15(20)21)5-1-4-12-16-14(17-23-12)11-3-2-8-24-11/h2-3,8,10H,1,4-7,9H2,(H,20,21)/t10-/m0/s1. The van der Waals surface area contributed by atoms with Gasteiger partial charge in [0.1, 0.15) is 0 Å². The Morgan fingerprint density at radius 2 is 2.33 bits per heavy atom. The average Bonchev–Trinajstić information content (AvgIpc) is 3.26. The number of hydrogen-bond donors (Lipinski definition) is 1. The Balaban J connectivity index is 1.46. The molecule has 9 heteroatoms. The Bertz CT molecular complexity index is 700. The zero-order valence-corrected chi connectivity index (χ0v) is 13.7. The topological polar surface area (TPSA) is 106 Å². The Labute approximate surface area is 142 Å². The third kappa shape index (κ3) is 3.98. The summed E-state index contributed by atoms with van der Waals surface area (Å²) in [5, 5.41) is 14.8. The Morgan fingerprint density at radius 1 is 1.46 bits per heavy atom. The molecule has 1 aliphatic rings. The van der Waals surface area contributed by atoms with Crippen LogP contribution in [-0.2, 0) is 20.7 Å². The van der Waals surface area contributed by atoms with Gasteiger partial charge in [0.05, 0.1) is 18.0 Å². The fourth-order valence-corrected chi connectivity index (χ4v) is 3.09. The van der Waals surface area contributed by atoms with E-state index in [-0.39, 0.29) is 19.1 Å². The van der Waals surface area contributed by atoms with E-state index in [9.17, 15) is 9.59 Å². The number of aliphatic carboxylic acids is 1. The molecule has 2 aromatic rings. The SMILES string of the molecule is O=C(O)[C@@H]1CN(C(=O)CCCc2nc(-c3cccs3)no2)CCO1. The fraction of sp³-hybridized carbons (Fsp3) is 0.467. The molecule has 1 fully saturated rings. The molecule has 24 heavy (non-hydrogen) atoms. The molecule has 0 spiro atoms.